The first kappa shape index (κ1) is 21.0. The summed E-state index contributed by atoms with van der Waals surface area (Å²) < 4.78 is 0. The van der Waals surface area contributed by atoms with Gasteiger partial charge in [0.15, 0.2) is 0 Å². The smallest absolute Gasteiger partial charge is 0.116 e. The molecular weight excluding hydrogens is 446 g/mol. The Morgan fingerprint density at radius 1 is 0.750 bits per heavy atom. The lowest BCUT2D eigenvalue weighted by Gasteiger charge is -2.14. The summed E-state index contributed by atoms with van der Waals surface area (Å²) >= 11 is 0. The molecule has 0 aliphatic carbocycles. The number of H-pyrrole nitrogens is 2. The number of hydrogen-bond acceptors (Lipinski definition) is 5. The molecule has 0 bridgehead atoms. The lowest BCUT2D eigenvalue weighted by atomic mass is 10.0. The largest absolute Gasteiger partial charge is 0.353 e. The summed E-state index contributed by atoms with van der Waals surface area (Å²) in [4.78, 5) is 19.5. The number of rotatable bonds is 5. The molecule has 5 aromatic heterocycles. The number of benzene rings is 1. The molecule has 0 atom stereocenters. The number of aromatic nitrogens is 6. The maximum atomic E-state index is 4.67. The predicted octanol–water partition coefficient (Wildman–Crippen LogP) is 5.83. The highest BCUT2D eigenvalue weighted by atomic mass is 15.1. The van der Waals surface area contributed by atoms with E-state index < -0.39 is 0 Å². The molecule has 7 heteroatoms. The Morgan fingerprint density at radius 3 is 2.53 bits per heavy atom. The van der Waals surface area contributed by atoms with E-state index in [4.69, 9.17) is 0 Å². The summed E-state index contributed by atoms with van der Waals surface area (Å²) in [6.45, 7) is 3.32. The topological polar surface area (TPSA) is 86.4 Å². The van der Waals surface area contributed by atoms with E-state index in [2.05, 4.69) is 65.4 Å². The Balaban J connectivity index is 1.28. The molecule has 6 heterocycles. The van der Waals surface area contributed by atoms with Gasteiger partial charge in [-0.1, -0.05) is 6.07 Å². The van der Waals surface area contributed by atoms with Crippen molar-refractivity contribution < 1.29 is 0 Å². The SMILES string of the molecule is c1cncc(-c2nccc3[nH]c(-c4n[nH]c5ccc(-c6cncc(CN7CCCC7)c6)cc45)cc23)c1. The molecule has 7 rings (SSSR count). The fourth-order valence-corrected chi connectivity index (χ4v) is 5.24. The van der Waals surface area contributed by atoms with E-state index in [1.54, 1.807) is 6.20 Å². The minimum atomic E-state index is 0.890. The van der Waals surface area contributed by atoms with Gasteiger partial charge in [0.2, 0.25) is 0 Å². The van der Waals surface area contributed by atoms with Crippen molar-refractivity contribution in [2.45, 2.75) is 19.4 Å². The molecule has 6 aromatic rings. The molecule has 36 heavy (non-hydrogen) atoms. The van der Waals surface area contributed by atoms with E-state index in [0.717, 1.165) is 62.1 Å². The van der Waals surface area contributed by atoms with Crippen LogP contribution in [0.1, 0.15) is 18.4 Å². The van der Waals surface area contributed by atoms with Crippen LogP contribution in [0.25, 0.3) is 55.6 Å². The van der Waals surface area contributed by atoms with Crippen molar-refractivity contribution in [3.63, 3.8) is 0 Å². The summed E-state index contributed by atoms with van der Waals surface area (Å²) in [6, 6.07) is 16.8. The zero-order valence-electron chi connectivity index (χ0n) is 19.8. The summed E-state index contributed by atoms with van der Waals surface area (Å²) in [7, 11) is 0. The van der Waals surface area contributed by atoms with Crippen LogP contribution < -0.4 is 0 Å². The first-order chi connectivity index (χ1) is 17.8. The van der Waals surface area contributed by atoms with Gasteiger partial charge in [0.1, 0.15) is 5.69 Å². The first-order valence-electron chi connectivity index (χ1n) is 12.4. The highest BCUT2D eigenvalue weighted by Gasteiger charge is 2.16. The number of nitrogens with one attached hydrogen (secondary N) is 2. The number of hydrogen-bond donors (Lipinski definition) is 2. The quantitative estimate of drug-likeness (QED) is 0.331. The summed E-state index contributed by atoms with van der Waals surface area (Å²) in [5.41, 5.74) is 9.27. The Morgan fingerprint density at radius 2 is 1.64 bits per heavy atom. The second-order valence-corrected chi connectivity index (χ2v) is 9.44. The molecule has 0 amide bonds. The number of nitrogens with zero attached hydrogens (tertiary/aromatic N) is 5. The van der Waals surface area contributed by atoms with Crippen LogP contribution in [0.4, 0.5) is 0 Å². The molecule has 0 spiro atoms. The molecule has 1 aliphatic rings. The third-order valence-electron chi connectivity index (χ3n) is 7.03. The van der Waals surface area contributed by atoms with Crippen LogP contribution in [0, 0.1) is 0 Å². The van der Waals surface area contributed by atoms with Crippen LogP contribution in [0.2, 0.25) is 0 Å². The minimum Gasteiger partial charge on any atom is -0.353 e. The zero-order valence-corrected chi connectivity index (χ0v) is 19.8. The van der Waals surface area contributed by atoms with E-state index in [-0.39, 0.29) is 0 Å². The molecule has 0 unspecified atom stereocenters. The zero-order chi connectivity index (χ0) is 23.9. The van der Waals surface area contributed by atoms with Crippen molar-refractivity contribution in [1.29, 1.82) is 0 Å². The molecule has 2 N–H and O–H groups in total. The molecule has 7 nitrogen and oxygen atoms in total. The van der Waals surface area contributed by atoms with Gasteiger partial charge in [0.25, 0.3) is 0 Å². The molecule has 1 aromatic carbocycles. The van der Waals surface area contributed by atoms with E-state index in [0.29, 0.717) is 0 Å². The average Bonchev–Trinajstić information content (AvgIpc) is 3.68. The van der Waals surface area contributed by atoms with Crippen molar-refractivity contribution in [2.75, 3.05) is 13.1 Å². The molecule has 1 aliphatic heterocycles. The number of fused-ring (bicyclic) bond motifs is 2. The lowest BCUT2D eigenvalue weighted by molar-refractivity contribution is 0.331. The molecule has 0 radical (unpaired) electrons. The maximum Gasteiger partial charge on any atom is 0.116 e. The van der Waals surface area contributed by atoms with Crippen molar-refractivity contribution in [3.8, 4) is 33.8 Å². The third-order valence-corrected chi connectivity index (χ3v) is 7.03. The van der Waals surface area contributed by atoms with Crippen LogP contribution in [-0.4, -0.2) is 48.1 Å². The van der Waals surface area contributed by atoms with E-state index in [1.165, 1.54) is 31.5 Å². The number of likely N-dealkylation sites (tertiary alicyclic amines) is 1. The van der Waals surface area contributed by atoms with Crippen LogP contribution in [0.3, 0.4) is 0 Å². The van der Waals surface area contributed by atoms with Crippen LogP contribution in [0.5, 0.6) is 0 Å². The van der Waals surface area contributed by atoms with Gasteiger partial charge in [-0.25, -0.2) is 0 Å². The molecule has 0 saturated carbocycles. The first-order valence-corrected chi connectivity index (χ1v) is 12.4. The second kappa shape index (κ2) is 8.70. The fraction of sp³-hybridized carbons (Fsp3) is 0.172. The average molecular weight is 472 g/mol. The van der Waals surface area contributed by atoms with Gasteiger partial charge in [-0.2, -0.15) is 5.10 Å². The van der Waals surface area contributed by atoms with Gasteiger partial charge < -0.3 is 4.98 Å². The Kier molecular flexibility index (Phi) is 5.06. The summed E-state index contributed by atoms with van der Waals surface area (Å²) in [5, 5.41) is 9.99. The van der Waals surface area contributed by atoms with Gasteiger partial charge in [0, 0.05) is 64.9 Å². The van der Waals surface area contributed by atoms with Crippen LogP contribution in [0.15, 0.2) is 79.5 Å². The summed E-state index contributed by atoms with van der Waals surface area (Å²) in [5.74, 6) is 0. The molecular formula is C29H25N7. The van der Waals surface area contributed by atoms with Crippen molar-refractivity contribution in [1.82, 2.24) is 35.0 Å². The van der Waals surface area contributed by atoms with Crippen molar-refractivity contribution >= 4 is 21.8 Å². The highest BCUT2D eigenvalue weighted by molar-refractivity contribution is 6.00. The third kappa shape index (κ3) is 3.74. The monoisotopic (exact) mass is 471 g/mol. The maximum absolute atomic E-state index is 4.67. The molecule has 1 fully saturated rings. The lowest BCUT2D eigenvalue weighted by Crippen LogP contribution is -2.18. The summed E-state index contributed by atoms with van der Waals surface area (Å²) in [6.07, 6.45) is 12.0. The molecule has 1 saturated heterocycles. The Hall–Kier alpha value is -4.36. The number of pyridine rings is 3. The van der Waals surface area contributed by atoms with Gasteiger partial charge in [-0.05, 0) is 79.5 Å². The molecule has 176 valence electrons. The normalized spacial score (nSPS) is 14.2. The van der Waals surface area contributed by atoms with Crippen LogP contribution >= 0.6 is 0 Å². The van der Waals surface area contributed by atoms with Crippen molar-refractivity contribution in [3.05, 3.63) is 85.1 Å². The Bertz CT molecular complexity index is 1680. The predicted molar refractivity (Wildman–Crippen MR) is 142 cm³/mol. The van der Waals surface area contributed by atoms with Gasteiger partial charge in [-0.3, -0.25) is 25.0 Å². The minimum absolute atomic E-state index is 0.890. The van der Waals surface area contributed by atoms with Crippen LogP contribution in [-0.2, 0) is 6.54 Å². The van der Waals surface area contributed by atoms with Gasteiger partial charge in [-0.15, -0.1) is 0 Å². The highest BCUT2D eigenvalue weighted by Crippen LogP contribution is 2.34. The standard InChI is InChI=1S/C29H25N7/c1-2-11-36(10-1)18-19-12-22(17-31-15-19)20-5-6-26-23(13-20)29(35-34-26)27-14-24-25(33-27)7-9-32-28(24)21-4-3-8-30-16-21/h3-9,12-17,33H,1-2,10-11,18H2,(H,34,35). The van der Waals surface area contributed by atoms with Crippen molar-refractivity contribution in [2.24, 2.45) is 0 Å². The fourth-order valence-electron chi connectivity index (χ4n) is 5.24. The Labute approximate surface area is 208 Å². The second-order valence-electron chi connectivity index (χ2n) is 9.44. The van der Waals surface area contributed by atoms with Gasteiger partial charge >= 0.3 is 0 Å². The number of aromatic amines is 2. The van der Waals surface area contributed by atoms with E-state index >= 15 is 0 Å². The van der Waals surface area contributed by atoms with E-state index in [1.807, 2.05) is 43.0 Å². The van der Waals surface area contributed by atoms with E-state index in [9.17, 15) is 0 Å². The van der Waals surface area contributed by atoms with Gasteiger partial charge in [0.05, 0.1) is 16.9 Å².